The molecular weight excluding hydrogens is 528 g/mol. The molecule has 4 rings (SSSR count). The molecule has 3 fully saturated rings. The third kappa shape index (κ3) is 8.51. The zero-order valence-electron chi connectivity index (χ0n) is 30.4. The molecule has 0 aromatic rings. The van der Waals surface area contributed by atoms with Gasteiger partial charge < -0.3 is 14.2 Å². The third-order valence-electron chi connectivity index (χ3n) is 13.2. The van der Waals surface area contributed by atoms with Crippen molar-refractivity contribution in [2.45, 2.75) is 176 Å². The summed E-state index contributed by atoms with van der Waals surface area (Å²) in [6.07, 6.45) is 21.2. The van der Waals surface area contributed by atoms with Gasteiger partial charge >= 0.3 is 0 Å². The minimum absolute atomic E-state index is 0.119. The molecule has 6 unspecified atom stereocenters. The van der Waals surface area contributed by atoms with Crippen LogP contribution in [0.15, 0.2) is 11.6 Å². The minimum Gasteiger partial charge on any atom is -0.378 e. The lowest BCUT2D eigenvalue weighted by Gasteiger charge is -2.58. The second kappa shape index (κ2) is 14.6. The molecular formula is C40H72O3. The van der Waals surface area contributed by atoms with Gasteiger partial charge in [-0.25, -0.2) is 0 Å². The van der Waals surface area contributed by atoms with Gasteiger partial charge in [-0.3, -0.25) is 0 Å². The topological polar surface area (TPSA) is 27.7 Å². The molecule has 0 radical (unpaired) electrons. The van der Waals surface area contributed by atoms with Gasteiger partial charge in [0.25, 0.3) is 0 Å². The molecule has 3 heteroatoms. The van der Waals surface area contributed by atoms with E-state index in [2.05, 4.69) is 75.3 Å². The van der Waals surface area contributed by atoms with Crippen LogP contribution in [0.1, 0.15) is 159 Å². The maximum absolute atomic E-state index is 6.58. The highest BCUT2D eigenvalue weighted by atomic mass is 16.5. The van der Waals surface area contributed by atoms with Crippen molar-refractivity contribution in [1.29, 1.82) is 0 Å². The van der Waals surface area contributed by atoms with Crippen molar-refractivity contribution < 1.29 is 14.2 Å². The van der Waals surface area contributed by atoms with E-state index in [0.29, 0.717) is 16.9 Å². The van der Waals surface area contributed by atoms with Crippen LogP contribution >= 0.6 is 0 Å². The van der Waals surface area contributed by atoms with Crippen molar-refractivity contribution in [2.24, 2.45) is 46.3 Å². The van der Waals surface area contributed by atoms with Gasteiger partial charge in [-0.1, -0.05) is 72.5 Å². The smallest absolute Gasteiger partial charge is 0.0648 e. The van der Waals surface area contributed by atoms with Crippen LogP contribution < -0.4 is 0 Å². The molecule has 250 valence electrons. The van der Waals surface area contributed by atoms with Crippen LogP contribution in [0.5, 0.6) is 0 Å². The van der Waals surface area contributed by atoms with Gasteiger partial charge in [-0.05, 0) is 145 Å². The summed E-state index contributed by atoms with van der Waals surface area (Å²) >= 11 is 0. The van der Waals surface area contributed by atoms with Crippen LogP contribution in [0.4, 0.5) is 0 Å². The highest BCUT2D eigenvalue weighted by molar-refractivity contribution is 5.25. The van der Waals surface area contributed by atoms with E-state index in [-0.39, 0.29) is 11.2 Å². The Kier molecular flexibility index (Phi) is 12.0. The molecule has 0 spiro atoms. The van der Waals surface area contributed by atoms with Gasteiger partial charge in [0.2, 0.25) is 0 Å². The van der Waals surface area contributed by atoms with Gasteiger partial charge in [0.1, 0.15) is 0 Å². The van der Waals surface area contributed by atoms with Gasteiger partial charge in [0, 0.05) is 13.2 Å². The van der Waals surface area contributed by atoms with Crippen molar-refractivity contribution in [2.75, 3.05) is 19.8 Å². The molecule has 4 aliphatic rings. The van der Waals surface area contributed by atoms with E-state index in [4.69, 9.17) is 14.2 Å². The second-order valence-corrected chi connectivity index (χ2v) is 17.7. The lowest BCUT2D eigenvalue weighted by atomic mass is 9.47. The van der Waals surface area contributed by atoms with Crippen LogP contribution in [0.2, 0.25) is 0 Å². The Balaban J connectivity index is 1.27. The normalized spacial score (nSPS) is 35.3. The number of allylic oxidation sites excluding steroid dienone is 1. The van der Waals surface area contributed by atoms with Gasteiger partial charge in [-0.15, -0.1) is 0 Å². The fourth-order valence-corrected chi connectivity index (χ4v) is 10.4. The number of fused-ring (bicyclic) bond motifs is 5. The number of ether oxygens (including phenoxy) is 3. The van der Waals surface area contributed by atoms with Crippen molar-refractivity contribution >= 4 is 0 Å². The van der Waals surface area contributed by atoms with Crippen molar-refractivity contribution in [3.05, 3.63) is 11.6 Å². The van der Waals surface area contributed by atoms with E-state index in [9.17, 15) is 0 Å². The molecule has 0 N–H and O–H groups in total. The molecule has 3 saturated carbocycles. The Bertz CT molecular complexity index is 903. The maximum atomic E-state index is 6.58. The van der Waals surface area contributed by atoms with E-state index in [1.165, 1.54) is 64.2 Å². The van der Waals surface area contributed by atoms with Gasteiger partial charge in [-0.2, -0.15) is 0 Å². The van der Waals surface area contributed by atoms with E-state index < -0.39 is 0 Å². The van der Waals surface area contributed by atoms with Crippen LogP contribution in [-0.4, -0.2) is 37.1 Å². The number of hydrogen-bond donors (Lipinski definition) is 0. The van der Waals surface area contributed by atoms with Crippen LogP contribution in [0, 0.1) is 46.3 Å². The van der Waals surface area contributed by atoms with Crippen molar-refractivity contribution in [1.82, 2.24) is 0 Å². The lowest BCUT2D eigenvalue weighted by molar-refractivity contribution is -0.0895. The predicted octanol–water partition coefficient (Wildman–Crippen LogP) is 11.2. The number of hydrogen-bond acceptors (Lipinski definition) is 3. The molecule has 0 aliphatic heterocycles. The monoisotopic (exact) mass is 601 g/mol. The highest BCUT2D eigenvalue weighted by Crippen LogP contribution is 2.67. The lowest BCUT2D eigenvalue weighted by Crippen LogP contribution is -2.51. The predicted molar refractivity (Wildman–Crippen MR) is 182 cm³/mol. The number of rotatable bonds is 16. The average Bonchev–Trinajstić information content (AvgIpc) is 3.29. The van der Waals surface area contributed by atoms with Gasteiger partial charge in [0.15, 0.2) is 0 Å². The zero-order valence-corrected chi connectivity index (χ0v) is 30.4. The SMILES string of the molecule is CCCOC(C)(C)CCOC(C)(C)CCOC1CC[C@@]2(C)C(=CCC3C4CCC(C(C)CCCC(C)C)[C@@]4(C)CCC32)C1. The first-order chi connectivity index (χ1) is 20.2. The third-order valence-corrected chi connectivity index (χ3v) is 13.2. The second-order valence-electron chi connectivity index (χ2n) is 17.7. The maximum Gasteiger partial charge on any atom is 0.0648 e. The van der Waals surface area contributed by atoms with Crippen molar-refractivity contribution in [3.8, 4) is 0 Å². The summed E-state index contributed by atoms with van der Waals surface area (Å²) < 4.78 is 18.9. The summed E-state index contributed by atoms with van der Waals surface area (Å²) in [5, 5.41) is 0. The average molecular weight is 601 g/mol. The van der Waals surface area contributed by atoms with Crippen LogP contribution in [0.25, 0.3) is 0 Å². The Labute approximate surface area is 268 Å². The summed E-state index contributed by atoms with van der Waals surface area (Å²) in [6.45, 7) is 26.0. The quantitative estimate of drug-likeness (QED) is 0.165. The summed E-state index contributed by atoms with van der Waals surface area (Å²) in [5.41, 5.74) is 2.44. The Morgan fingerprint density at radius 3 is 2.23 bits per heavy atom. The van der Waals surface area contributed by atoms with Gasteiger partial charge in [0.05, 0.1) is 23.9 Å². The molecule has 3 nitrogen and oxygen atoms in total. The molecule has 0 aromatic heterocycles. The standard InChI is InChI=1S/C40H72O3/c1-11-25-42-38(7,8)24-27-43-37(5,6)23-26-41-32-19-21-39(9)31(28-32)15-16-33-35-18-17-34(30(4)14-12-13-29(2)3)40(35,10)22-20-36(33)39/h15,29-30,32-36H,11-14,16-28H2,1-10H3/t30?,32?,33?,34?,35?,36?,39-,40+/m0/s1. The zero-order chi connectivity index (χ0) is 31.5. The first-order valence-corrected chi connectivity index (χ1v) is 18.8. The van der Waals surface area contributed by atoms with E-state index in [1.807, 2.05) is 0 Å². The van der Waals surface area contributed by atoms with E-state index in [0.717, 1.165) is 81.0 Å². The molecule has 0 bridgehead atoms. The summed E-state index contributed by atoms with van der Waals surface area (Å²) in [4.78, 5) is 0. The fourth-order valence-electron chi connectivity index (χ4n) is 10.4. The van der Waals surface area contributed by atoms with Crippen LogP contribution in [0.3, 0.4) is 0 Å². The largest absolute Gasteiger partial charge is 0.378 e. The van der Waals surface area contributed by atoms with Crippen molar-refractivity contribution in [3.63, 3.8) is 0 Å². The molecule has 0 aromatic carbocycles. The molecule has 43 heavy (non-hydrogen) atoms. The summed E-state index contributed by atoms with van der Waals surface area (Å²) in [5.74, 6) is 5.43. The van der Waals surface area contributed by atoms with Crippen LogP contribution in [-0.2, 0) is 14.2 Å². The van der Waals surface area contributed by atoms with E-state index >= 15 is 0 Å². The fraction of sp³-hybridized carbons (Fsp3) is 0.950. The Hall–Kier alpha value is -0.380. The first kappa shape index (κ1) is 35.5. The summed E-state index contributed by atoms with van der Waals surface area (Å²) in [7, 11) is 0. The molecule has 0 heterocycles. The highest BCUT2D eigenvalue weighted by Gasteiger charge is 2.59. The Morgan fingerprint density at radius 2 is 1.53 bits per heavy atom. The Morgan fingerprint density at radius 1 is 0.837 bits per heavy atom. The molecule has 0 saturated heterocycles. The molecule has 0 amide bonds. The summed E-state index contributed by atoms with van der Waals surface area (Å²) in [6, 6.07) is 0. The first-order valence-electron chi connectivity index (χ1n) is 18.8. The molecule has 8 atom stereocenters. The van der Waals surface area contributed by atoms with E-state index in [1.54, 1.807) is 5.57 Å². The minimum atomic E-state index is -0.166. The molecule has 4 aliphatic carbocycles.